The summed E-state index contributed by atoms with van der Waals surface area (Å²) in [6, 6.07) is 12.4. The largest absolute Gasteiger partial charge is 0.465 e. The van der Waals surface area contributed by atoms with Gasteiger partial charge in [0.15, 0.2) is 0 Å². The lowest BCUT2D eigenvalue weighted by atomic mass is 10.0. The van der Waals surface area contributed by atoms with Gasteiger partial charge in [-0.05, 0) is 50.3 Å². The number of fused-ring (bicyclic) bond motifs is 1. The number of hydrogen-bond acceptors (Lipinski definition) is 8. The molecule has 1 atom stereocenters. The molecule has 2 saturated heterocycles. The van der Waals surface area contributed by atoms with Crippen LogP contribution in [0.25, 0.3) is 10.9 Å². The van der Waals surface area contributed by atoms with Gasteiger partial charge in [0.05, 0.1) is 35.4 Å². The van der Waals surface area contributed by atoms with Gasteiger partial charge in [-0.1, -0.05) is 35.9 Å². The molecule has 228 valence electrons. The summed E-state index contributed by atoms with van der Waals surface area (Å²) in [5, 5.41) is 17.9. The molecule has 0 bridgehead atoms. The Balaban J connectivity index is 1.49. The van der Waals surface area contributed by atoms with Crippen LogP contribution in [-0.4, -0.2) is 77.7 Å². The van der Waals surface area contributed by atoms with Crippen molar-refractivity contribution < 1.29 is 23.9 Å². The third kappa shape index (κ3) is 6.55. The summed E-state index contributed by atoms with van der Waals surface area (Å²) >= 11 is 6.34. The van der Waals surface area contributed by atoms with Gasteiger partial charge in [0.2, 0.25) is 17.6 Å². The van der Waals surface area contributed by atoms with Crippen LogP contribution in [0.2, 0.25) is 5.02 Å². The van der Waals surface area contributed by atoms with E-state index in [0.29, 0.717) is 48.7 Å². The van der Waals surface area contributed by atoms with Crippen molar-refractivity contribution in [2.75, 3.05) is 38.6 Å². The van der Waals surface area contributed by atoms with Gasteiger partial charge >= 0.3 is 5.97 Å². The molecular weight excluding hydrogens is 584 g/mol. The third-order valence-electron chi connectivity index (χ3n) is 7.97. The number of esters is 1. The molecule has 1 aromatic heterocycles. The monoisotopic (exact) mass is 616 g/mol. The summed E-state index contributed by atoms with van der Waals surface area (Å²) in [5.74, 6) is -1.48. The minimum absolute atomic E-state index is 0.0135. The molecule has 0 spiro atoms. The lowest BCUT2D eigenvalue weighted by Crippen LogP contribution is -2.49. The van der Waals surface area contributed by atoms with E-state index in [-0.39, 0.29) is 40.9 Å². The summed E-state index contributed by atoms with van der Waals surface area (Å²) in [5.41, 5.74) is 1.34. The average Bonchev–Trinajstić information content (AvgIpc) is 3.69. The molecule has 44 heavy (non-hydrogen) atoms. The van der Waals surface area contributed by atoms with Crippen LogP contribution < -0.4 is 10.6 Å². The van der Waals surface area contributed by atoms with E-state index in [4.69, 9.17) is 16.3 Å². The molecule has 0 radical (unpaired) electrons. The highest BCUT2D eigenvalue weighted by molar-refractivity contribution is 6.36. The van der Waals surface area contributed by atoms with Crippen LogP contribution in [0.15, 0.2) is 60.1 Å². The number of methoxy groups -OCH3 is 1. The Hall–Kier alpha value is -4.82. The molecular formula is C32H33ClN6O5. The minimum Gasteiger partial charge on any atom is -0.465 e. The molecule has 0 aliphatic carbocycles. The van der Waals surface area contributed by atoms with Gasteiger partial charge in [0, 0.05) is 36.8 Å². The van der Waals surface area contributed by atoms with Crippen molar-refractivity contribution in [1.82, 2.24) is 20.1 Å². The van der Waals surface area contributed by atoms with E-state index in [1.54, 1.807) is 28.1 Å². The maximum atomic E-state index is 13.8. The van der Waals surface area contributed by atoms with Crippen LogP contribution in [0.1, 0.15) is 52.8 Å². The molecule has 3 N–H and O–H groups in total. The second kappa shape index (κ2) is 13.7. The smallest absolute Gasteiger partial charge is 0.337 e. The fourth-order valence-electron chi connectivity index (χ4n) is 5.57. The first-order valence-electron chi connectivity index (χ1n) is 14.5. The highest BCUT2D eigenvalue weighted by atomic mass is 35.5. The van der Waals surface area contributed by atoms with Crippen LogP contribution in [0.3, 0.4) is 0 Å². The summed E-state index contributed by atoms with van der Waals surface area (Å²) < 4.78 is 4.74. The van der Waals surface area contributed by atoms with Crippen molar-refractivity contribution in [1.29, 1.82) is 5.26 Å². The van der Waals surface area contributed by atoms with Crippen LogP contribution in [-0.2, 0) is 14.3 Å². The van der Waals surface area contributed by atoms with Crippen LogP contribution in [0.4, 0.5) is 5.69 Å². The van der Waals surface area contributed by atoms with Gasteiger partial charge in [-0.25, -0.2) is 4.79 Å². The molecule has 2 aromatic carbocycles. The number of amides is 2. The number of allylic oxidation sites excluding steroid dienone is 1. The molecule has 11 nitrogen and oxygen atoms in total. The number of nitriles is 1. The van der Waals surface area contributed by atoms with Gasteiger partial charge in [-0.15, -0.1) is 0 Å². The normalized spacial score (nSPS) is 17.5. The van der Waals surface area contributed by atoms with Crippen molar-refractivity contribution >= 4 is 51.8 Å². The summed E-state index contributed by atoms with van der Waals surface area (Å²) in [7, 11) is 1.26. The first-order valence-corrected chi connectivity index (χ1v) is 14.9. The molecule has 2 amide bonds. The summed E-state index contributed by atoms with van der Waals surface area (Å²) in [6.45, 7) is 1.82. The van der Waals surface area contributed by atoms with Crippen molar-refractivity contribution in [3.63, 3.8) is 0 Å². The first-order chi connectivity index (χ1) is 21.3. The second-order valence-electron chi connectivity index (χ2n) is 10.8. The van der Waals surface area contributed by atoms with Gasteiger partial charge in [-0.2, -0.15) is 5.26 Å². The predicted octanol–water partition coefficient (Wildman–Crippen LogP) is 4.23. The SMILES string of the molecule is COC(=O)c1ccc(C(=O)/C(C#N)=C(/Nc2cccc3c(Cl)c[nH]c23)N[C@H]2CCCCN(CC(=O)N3CCCC3)C2=O)cc1. The first kappa shape index (κ1) is 30.6. The van der Waals surface area contributed by atoms with E-state index in [2.05, 4.69) is 15.6 Å². The number of likely N-dealkylation sites (tertiary alicyclic amines) is 2. The van der Waals surface area contributed by atoms with E-state index < -0.39 is 17.8 Å². The van der Waals surface area contributed by atoms with Crippen molar-refractivity contribution in [3.05, 3.63) is 76.2 Å². The van der Waals surface area contributed by atoms with Crippen molar-refractivity contribution in [2.45, 2.75) is 38.1 Å². The number of rotatable bonds is 9. The Morgan fingerprint density at radius 3 is 2.45 bits per heavy atom. The molecule has 2 aliphatic rings. The van der Waals surface area contributed by atoms with E-state index in [1.165, 1.54) is 31.4 Å². The fraction of sp³-hybridized carbons (Fsp3) is 0.344. The highest BCUT2D eigenvalue weighted by Crippen LogP contribution is 2.30. The second-order valence-corrected chi connectivity index (χ2v) is 11.2. The van der Waals surface area contributed by atoms with E-state index in [9.17, 15) is 24.4 Å². The fourth-order valence-corrected chi connectivity index (χ4v) is 5.78. The number of H-pyrrole nitrogens is 1. The van der Waals surface area contributed by atoms with Gasteiger partial charge in [0.1, 0.15) is 23.5 Å². The Bertz CT molecular complexity index is 1650. The number of anilines is 1. The average molecular weight is 617 g/mol. The Labute approximate surface area is 259 Å². The van der Waals surface area contributed by atoms with Crippen LogP contribution in [0, 0.1) is 11.3 Å². The molecule has 0 saturated carbocycles. The molecule has 3 heterocycles. The number of aromatic amines is 1. The molecule has 5 rings (SSSR count). The van der Waals surface area contributed by atoms with E-state index >= 15 is 0 Å². The third-order valence-corrected chi connectivity index (χ3v) is 8.28. The number of nitrogens with zero attached hydrogens (tertiary/aromatic N) is 3. The van der Waals surface area contributed by atoms with Crippen LogP contribution >= 0.6 is 11.6 Å². The number of Topliss-reactive ketones (excluding diaryl/α,β-unsaturated/α-hetero) is 1. The quantitative estimate of drug-likeness (QED) is 0.140. The number of para-hydroxylation sites is 1. The Morgan fingerprint density at radius 2 is 1.75 bits per heavy atom. The van der Waals surface area contributed by atoms with Gasteiger partial charge in [-0.3, -0.25) is 14.4 Å². The Kier molecular flexibility index (Phi) is 9.50. The number of carbonyl (C=O) groups is 4. The summed E-state index contributed by atoms with van der Waals surface area (Å²) in [4.78, 5) is 58.8. The van der Waals surface area contributed by atoms with E-state index in [1.807, 2.05) is 12.1 Å². The number of aromatic nitrogens is 1. The van der Waals surface area contributed by atoms with Crippen molar-refractivity contribution in [3.8, 4) is 6.07 Å². The zero-order chi connectivity index (χ0) is 31.2. The zero-order valence-corrected chi connectivity index (χ0v) is 25.1. The number of ketones is 1. The maximum Gasteiger partial charge on any atom is 0.337 e. The number of hydrogen-bond donors (Lipinski definition) is 3. The minimum atomic E-state index is -0.796. The van der Waals surface area contributed by atoms with Crippen molar-refractivity contribution in [2.24, 2.45) is 0 Å². The number of nitrogens with one attached hydrogen (secondary N) is 3. The molecule has 12 heteroatoms. The number of halogens is 1. The number of ether oxygens (including phenoxy) is 1. The number of carbonyl (C=O) groups excluding carboxylic acids is 4. The van der Waals surface area contributed by atoms with Gasteiger partial charge in [0.25, 0.3) is 0 Å². The van der Waals surface area contributed by atoms with Crippen LogP contribution in [0.5, 0.6) is 0 Å². The Morgan fingerprint density at radius 1 is 1.05 bits per heavy atom. The maximum absolute atomic E-state index is 13.8. The summed E-state index contributed by atoms with van der Waals surface area (Å²) in [6.07, 6.45) is 5.42. The topological polar surface area (TPSA) is 148 Å². The predicted molar refractivity (Wildman–Crippen MR) is 165 cm³/mol. The standard InChI is InChI=1S/C32H33ClN6O5/c1-44-32(43)21-12-10-20(11-13-21)29(41)23(17-34)30(36-25-9-6-7-22-24(33)18-35-28(22)25)37-26-8-2-3-16-39(31(26)42)19-27(40)38-14-4-5-15-38/h6-7,9-13,18,26,35-37H,2-5,8,14-16,19H2,1H3/b30-23-/t26-/m0/s1. The number of benzene rings is 2. The highest BCUT2D eigenvalue weighted by Gasteiger charge is 2.32. The lowest BCUT2D eigenvalue weighted by Gasteiger charge is -2.28. The lowest BCUT2D eigenvalue weighted by molar-refractivity contribution is -0.140. The molecule has 2 aliphatic heterocycles. The van der Waals surface area contributed by atoms with Gasteiger partial charge < -0.3 is 30.2 Å². The van der Waals surface area contributed by atoms with E-state index in [0.717, 1.165) is 24.6 Å². The molecule has 3 aromatic rings. The molecule has 2 fully saturated rings. The molecule has 0 unspecified atom stereocenters. The zero-order valence-electron chi connectivity index (χ0n) is 24.3.